The van der Waals surface area contributed by atoms with Gasteiger partial charge in [-0.3, -0.25) is 4.68 Å². The molecule has 0 saturated carbocycles. The molecule has 1 aromatic heterocycles. The Hall–Kier alpha value is -1.30. The van der Waals surface area contributed by atoms with Crippen molar-refractivity contribution in [3.8, 4) is 0 Å². The van der Waals surface area contributed by atoms with Gasteiger partial charge < -0.3 is 4.85 Å². The van der Waals surface area contributed by atoms with Crippen molar-refractivity contribution in [2.24, 2.45) is 7.05 Å². The van der Waals surface area contributed by atoms with Crippen LogP contribution >= 0.6 is 0 Å². The minimum Gasteiger partial charge on any atom is -0.317 e. The first kappa shape index (κ1) is 7.80. The van der Waals surface area contributed by atoms with Crippen LogP contribution in [0.3, 0.4) is 0 Å². The lowest BCUT2D eigenvalue weighted by molar-refractivity contribution is 0.738. The van der Waals surface area contributed by atoms with Gasteiger partial charge >= 0.3 is 0 Å². The van der Waals surface area contributed by atoms with E-state index in [-0.39, 0.29) is 0 Å². The molecule has 0 amide bonds. The van der Waals surface area contributed by atoms with Crippen LogP contribution in [0.4, 0.5) is 0 Å². The molecule has 0 aromatic carbocycles. The molecule has 0 aliphatic rings. The van der Waals surface area contributed by atoms with E-state index in [0.717, 1.165) is 12.1 Å². The predicted octanol–water partition coefficient (Wildman–Crippen LogP) is 1.19. The fourth-order valence-electron chi connectivity index (χ4n) is 0.966. The van der Waals surface area contributed by atoms with Crippen molar-refractivity contribution in [3.63, 3.8) is 0 Å². The molecule has 0 N–H and O–H groups in total. The lowest BCUT2D eigenvalue weighted by Crippen LogP contribution is -1.94. The van der Waals surface area contributed by atoms with Crippen molar-refractivity contribution in [2.45, 2.75) is 13.3 Å². The molecule has 0 spiro atoms. The molecule has 3 nitrogen and oxygen atoms in total. The minimum atomic E-state index is 0.562. The zero-order valence-electron chi connectivity index (χ0n) is 6.83. The molecule has 0 saturated heterocycles. The standard InChI is InChI=1S/C8H11N3/c1-7-8(4-5-9-2)6-10-11(7)3/h6H,4-5H2,1,3H3. The van der Waals surface area contributed by atoms with Crippen molar-refractivity contribution in [1.29, 1.82) is 0 Å². The van der Waals surface area contributed by atoms with E-state index < -0.39 is 0 Å². The SMILES string of the molecule is [C-]#[N+]CCc1cnn(C)c1C. The average Bonchev–Trinajstić information content (AvgIpc) is 2.31. The first-order chi connectivity index (χ1) is 5.25. The van der Waals surface area contributed by atoms with Gasteiger partial charge in [0, 0.05) is 24.7 Å². The summed E-state index contributed by atoms with van der Waals surface area (Å²) >= 11 is 0. The fourth-order valence-corrected chi connectivity index (χ4v) is 0.966. The number of hydrogen-bond donors (Lipinski definition) is 0. The largest absolute Gasteiger partial charge is 0.317 e. The summed E-state index contributed by atoms with van der Waals surface area (Å²) in [6.07, 6.45) is 2.66. The number of aromatic nitrogens is 2. The Labute approximate surface area is 66.5 Å². The van der Waals surface area contributed by atoms with Gasteiger partial charge in [-0.25, -0.2) is 6.57 Å². The number of aryl methyl sites for hydroxylation is 1. The highest BCUT2D eigenvalue weighted by Crippen LogP contribution is 2.05. The molecule has 0 fully saturated rings. The maximum atomic E-state index is 6.63. The third-order valence-corrected chi connectivity index (χ3v) is 1.83. The van der Waals surface area contributed by atoms with Crippen LogP contribution in [0.2, 0.25) is 0 Å². The average molecular weight is 149 g/mol. The van der Waals surface area contributed by atoms with Crippen molar-refractivity contribution < 1.29 is 0 Å². The highest BCUT2D eigenvalue weighted by molar-refractivity contribution is 5.16. The van der Waals surface area contributed by atoms with Gasteiger partial charge in [0.15, 0.2) is 0 Å². The van der Waals surface area contributed by atoms with Gasteiger partial charge in [0.25, 0.3) is 0 Å². The minimum absolute atomic E-state index is 0.562. The summed E-state index contributed by atoms with van der Waals surface area (Å²) < 4.78 is 1.83. The first-order valence-electron chi connectivity index (χ1n) is 3.56. The Bertz CT molecular complexity index is 280. The van der Waals surface area contributed by atoms with E-state index in [4.69, 9.17) is 6.57 Å². The summed E-state index contributed by atoms with van der Waals surface area (Å²) in [5.41, 5.74) is 2.34. The first-order valence-corrected chi connectivity index (χ1v) is 3.56. The lowest BCUT2D eigenvalue weighted by Gasteiger charge is -1.94. The highest BCUT2D eigenvalue weighted by atomic mass is 15.3. The molecule has 1 aromatic rings. The zero-order valence-corrected chi connectivity index (χ0v) is 6.83. The van der Waals surface area contributed by atoms with E-state index in [2.05, 4.69) is 9.94 Å². The molecule has 0 aliphatic heterocycles. The summed E-state index contributed by atoms with van der Waals surface area (Å²) in [7, 11) is 1.91. The Balaban J connectivity index is 2.72. The van der Waals surface area contributed by atoms with Gasteiger partial charge in [0.05, 0.1) is 6.20 Å². The molecular formula is C8H11N3. The monoisotopic (exact) mass is 149 g/mol. The smallest absolute Gasteiger partial charge is 0.218 e. The molecule has 0 aliphatic carbocycles. The van der Waals surface area contributed by atoms with Crippen molar-refractivity contribution in [1.82, 2.24) is 9.78 Å². The highest BCUT2D eigenvalue weighted by Gasteiger charge is 2.03. The van der Waals surface area contributed by atoms with Crippen LogP contribution in [-0.4, -0.2) is 16.3 Å². The molecule has 0 bridgehead atoms. The molecule has 1 heterocycles. The second kappa shape index (κ2) is 3.20. The quantitative estimate of drug-likeness (QED) is 0.579. The molecule has 0 radical (unpaired) electrons. The van der Waals surface area contributed by atoms with Crippen LogP contribution in [0.25, 0.3) is 4.85 Å². The summed E-state index contributed by atoms with van der Waals surface area (Å²) in [6, 6.07) is 0. The van der Waals surface area contributed by atoms with Gasteiger partial charge in [0.1, 0.15) is 0 Å². The van der Waals surface area contributed by atoms with Crippen LogP contribution in [0.1, 0.15) is 11.3 Å². The Kier molecular flexibility index (Phi) is 2.27. The van der Waals surface area contributed by atoms with Crippen LogP contribution in [0.5, 0.6) is 0 Å². The second-order valence-electron chi connectivity index (χ2n) is 2.51. The van der Waals surface area contributed by atoms with Gasteiger partial charge in [-0.05, 0) is 6.92 Å². The maximum Gasteiger partial charge on any atom is 0.218 e. The van der Waals surface area contributed by atoms with Gasteiger partial charge in [-0.2, -0.15) is 5.10 Å². The van der Waals surface area contributed by atoms with E-state index in [1.54, 1.807) is 0 Å². The van der Waals surface area contributed by atoms with E-state index in [1.807, 2.05) is 24.9 Å². The molecule has 11 heavy (non-hydrogen) atoms. The third-order valence-electron chi connectivity index (χ3n) is 1.83. The van der Waals surface area contributed by atoms with Gasteiger partial charge in [-0.1, -0.05) is 0 Å². The van der Waals surface area contributed by atoms with Crippen LogP contribution in [0.15, 0.2) is 6.20 Å². The van der Waals surface area contributed by atoms with Crippen LogP contribution in [0, 0.1) is 13.5 Å². The van der Waals surface area contributed by atoms with Gasteiger partial charge in [-0.15, -0.1) is 0 Å². The number of hydrogen-bond acceptors (Lipinski definition) is 1. The molecule has 58 valence electrons. The summed E-state index contributed by atoms with van der Waals surface area (Å²) in [4.78, 5) is 3.29. The number of nitrogens with zero attached hydrogens (tertiary/aromatic N) is 3. The lowest BCUT2D eigenvalue weighted by atomic mass is 10.2. The Morgan fingerprint density at radius 3 is 2.91 bits per heavy atom. The zero-order chi connectivity index (χ0) is 8.27. The maximum absolute atomic E-state index is 6.63. The summed E-state index contributed by atoms with van der Waals surface area (Å²) in [5.74, 6) is 0. The fraction of sp³-hybridized carbons (Fsp3) is 0.500. The number of rotatable bonds is 2. The van der Waals surface area contributed by atoms with Crippen molar-refractivity contribution >= 4 is 0 Å². The van der Waals surface area contributed by atoms with Crippen molar-refractivity contribution in [2.75, 3.05) is 6.54 Å². The van der Waals surface area contributed by atoms with Crippen molar-refractivity contribution in [3.05, 3.63) is 28.9 Å². The third kappa shape index (κ3) is 1.58. The van der Waals surface area contributed by atoms with Crippen LogP contribution < -0.4 is 0 Å². The van der Waals surface area contributed by atoms with Crippen LogP contribution in [-0.2, 0) is 13.5 Å². The van der Waals surface area contributed by atoms with E-state index in [1.165, 1.54) is 5.56 Å². The molecule has 1 rings (SSSR count). The van der Waals surface area contributed by atoms with Gasteiger partial charge in [0.2, 0.25) is 6.54 Å². The molecule has 0 unspecified atom stereocenters. The van der Waals surface area contributed by atoms with E-state index in [9.17, 15) is 0 Å². The predicted molar refractivity (Wildman–Crippen MR) is 43.1 cm³/mol. The van der Waals surface area contributed by atoms with E-state index >= 15 is 0 Å². The Morgan fingerprint density at radius 2 is 2.45 bits per heavy atom. The summed E-state index contributed by atoms with van der Waals surface area (Å²) in [6.45, 7) is 9.21. The van der Waals surface area contributed by atoms with E-state index in [0.29, 0.717) is 6.54 Å². The second-order valence-corrected chi connectivity index (χ2v) is 2.51. The topological polar surface area (TPSA) is 22.2 Å². The molecule has 3 heteroatoms. The normalized spacial score (nSPS) is 9.55. The summed E-state index contributed by atoms with van der Waals surface area (Å²) in [5, 5.41) is 4.08. The Morgan fingerprint density at radius 1 is 1.73 bits per heavy atom. The molecule has 0 atom stereocenters. The molecular weight excluding hydrogens is 138 g/mol.